The van der Waals surface area contributed by atoms with Crippen LogP contribution in [0.25, 0.3) is 0 Å². The minimum atomic E-state index is 0.0286. The van der Waals surface area contributed by atoms with Crippen LogP contribution in [0.4, 0.5) is 0 Å². The molecule has 0 saturated heterocycles. The minimum absolute atomic E-state index is 0.0286. The van der Waals surface area contributed by atoms with Crippen LogP contribution in [0.5, 0.6) is 0 Å². The third-order valence-electron chi connectivity index (χ3n) is 3.79. The highest BCUT2D eigenvalue weighted by molar-refractivity contribution is 4.99. The Balaban J connectivity index is 1.90. The van der Waals surface area contributed by atoms with E-state index in [4.69, 9.17) is 10.2 Å². The van der Waals surface area contributed by atoms with Crippen LogP contribution in [0, 0.1) is 0 Å². The van der Waals surface area contributed by atoms with Crippen LogP contribution in [0.15, 0.2) is 22.8 Å². The number of hydrogen-bond acceptors (Lipinski definition) is 3. The number of furan rings is 1. The van der Waals surface area contributed by atoms with Crippen LogP contribution < -0.4 is 5.73 Å². The summed E-state index contributed by atoms with van der Waals surface area (Å²) in [7, 11) is 0. The van der Waals surface area contributed by atoms with E-state index in [1.165, 1.54) is 32.1 Å². The van der Waals surface area contributed by atoms with Crippen molar-refractivity contribution in [2.75, 3.05) is 13.1 Å². The lowest BCUT2D eigenvalue weighted by Crippen LogP contribution is -2.51. The van der Waals surface area contributed by atoms with Crippen molar-refractivity contribution < 1.29 is 4.42 Å². The van der Waals surface area contributed by atoms with Gasteiger partial charge in [0.15, 0.2) is 0 Å². The zero-order valence-electron chi connectivity index (χ0n) is 10.8. The Bertz CT molecular complexity index is 315. The molecular formula is C14H24N2O. The first-order valence-electron chi connectivity index (χ1n) is 6.75. The summed E-state index contributed by atoms with van der Waals surface area (Å²) >= 11 is 0. The SMILES string of the molecule is CCN(Cc1ccco1)CC1(N)CCCCC1. The molecule has 0 radical (unpaired) electrons. The van der Waals surface area contributed by atoms with Crippen molar-refractivity contribution in [3.05, 3.63) is 24.2 Å². The van der Waals surface area contributed by atoms with Crippen LogP contribution in [-0.2, 0) is 6.54 Å². The standard InChI is InChI=1S/C14H24N2O/c1-2-16(11-13-7-6-10-17-13)12-14(15)8-4-3-5-9-14/h6-7,10H,2-5,8-9,11-12,15H2,1H3. The molecule has 2 rings (SSSR count). The Kier molecular flexibility index (Phi) is 4.24. The maximum atomic E-state index is 6.49. The van der Waals surface area contributed by atoms with Gasteiger partial charge in [-0.2, -0.15) is 0 Å². The molecule has 0 unspecified atom stereocenters. The van der Waals surface area contributed by atoms with Crippen LogP contribution in [0.2, 0.25) is 0 Å². The van der Waals surface area contributed by atoms with Gasteiger partial charge in [-0.05, 0) is 31.5 Å². The molecule has 1 aromatic heterocycles. The molecule has 1 aliphatic carbocycles. The number of hydrogen-bond donors (Lipinski definition) is 1. The van der Waals surface area contributed by atoms with Gasteiger partial charge in [0.2, 0.25) is 0 Å². The molecule has 1 saturated carbocycles. The van der Waals surface area contributed by atoms with E-state index in [0.29, 0.717) is 0 Å². The Morgan fingerprint density at radius 3 is 2.71 bits per heavy atom. The lowest BCUT2D eigenvalue weighted by molar-refractivity contribution is 0.164. The summed E-state index contributed by atoms with van der Waals surface area (Å²) < 4.78 is 5.41. The number of rotatable bonds is 5. The van der Waals surface area contributed by atoms with Gasteiger partial charge in [0.05, 0.1) is 12.8 Å². The van der Waals surface area contributed by atoms with E-state index in [0.717, 1.165) is 25.4 Å². The molecule has 96 valence electrons. The molecule has 3 heteroatoms. The lowest BCUT2D eigenvalue weighted by Gasteiger charge is -2.37. The quantitative estimate of drug-likeness (QED) is 0.854. The van der Waals surface area contributed by atoms with Crippen molar-refractivity contribution in [1.29, 1.82) is 0 Å². The summed E-state index contributed by atoms with van der Waals surface area (Å²) in [6.07, 6.45) is 8.00. The first-order chi connectivity index (χ1) is 8.22. The molecule has 1 aliphatic rings. The Morgan fingerprint density at radius 1 is 1.35 bits per heavy atom. The van der Waals surface area contributed by atoms with Crippen molar-refractivity contribution in [2.24, 2.45) is 5.73 Å². The molecule has 3 nitrogen and oxygen atoms in total. The van der Waals surface area contributed by atoms with Crippen molar-refractivity contribution in [3.63, 3.8) is 0 Å². The molecule has 0 bridgehead atoms. The Hall–Kier alpha value is -0.800. The van der Waals surface area contributed by atoms with Gasteiger partial charge in [-0.25, -0.2) is 0 Å². The maximum Gasteiger partial charge on any atom is 0.117 e. The molecule has 1 aromatic rings. The first kappa shape index (κ1) is 12.7. The van der Waals surface area contributed by atoms with E-state index in [2.05, 4.69) is 11.8 Å². The average Bonchev–Trinajstić information content (AvgIpc) is 2.81. The second-order valence-corrected chi connectivity index (χ2v) is 5.31. The number of nitrogens with two attached hydrogens (primary N) is 1. The molecular weight excluding hydrogens is 212 g/mol. The molecule has 17 heavy (non-hydrogen) atoms. The van der Waals surface area contributed by atoms with E-state index in [9.17, 15) is 0 Å². The van der Waals surface area contributed by atoms with E-state index < -0.39 is 0 Å². The van der Waals surface area contributed by atoms with Gasteiger partial charge in [0.1, 0.15) is 5.76 Å². The number of likely N-dealkylation sites (N-methyl/N-ethyl adjacent to an activating group) is 1. The van der Waals surface area contributed by atoms with Crippen LogP contribution in [-0.4, -0.2) is 23.5 Å². The van der Waals surface area contributed by atoms with Gasteiger partial charge in [-0.3, -0.25) is 4.90 Å². The fourth-order valence-electron chi connectivity index (χ4n) is 2.76. The molecule has 0 spiro atoms. The van der Waals surface area contributed by atoms with E-state index >= 15 is 0 Å². The summed E-state index contributed by atoms with van der Waals surface area (Å²) in [6, 6.07) is 3.98. The zero-order valence-corrected chi connectivity index (χ0v) is 10.8. The van der Waals surface area contributed by atoms with Crippen LogP contribution >= 0.6 is 0 Å². The predicted molar refractivity (Wildman–Crippen MR) is 69.7 cm³/mol. The third-order valence-corrected chi connectivity index (χ3v) is 3.79. The van der Waals surface area contributed by atoms with Crippen molar-refractivity contribution in [3.8, 4) is 0 Å². The van der Waals surface area contributed by atoms with Crippen LogP contribution in [0.1, 0.15) is 44.8 Å². The third kappa shape index (κ3) is 3.58. The summed E-state index contributed by atoms with van der Waals surface area (Å²) in [5, 5.41) is 0. The molecule has 0 aliphatic heterocycles. The molecule has 1 fully saturated rings. The summed E-state index contributed by atoms with van der Waals surface area (Å²) in [5.41, 5.74) is 6.52. The van der Waals surface area contributed by atoms with Gasteiger partial charge < -0.3 is 10.2 Å². The van der Waals surface area contributed by atoms with Gasteiger partial charge in [0, 0.05) is 12.1 Å². The summed E-state index contributed by atoms with van der Waals surface area (Å²) in [5.74, 6) is 1.03. The topological polar surface area (TPSA) is 42.4 Å². The monoisotopic (exact) mass is 236 g/mol. The highest BCUT2D eigenvalue weighted by atomic mass is 16.3. The minimum Gasteiger partial charge on any atom is -0.468 e. The number of nitrogens with zero attached hydrogens (tertiary/aromatic N) is 1. The van der Waals surface area contributed by atoms with Crippen molar-refractivity contribution in [2.45, 2.75) is 51.1 Å². The van der Waals surface area contributed by atoms with Gasteiger partial charge in [-0.15, -0.1) is 0 Å². The fourth-order valence-corrected chi connectivity index (χ4v) is 2.76. The predicted octanol–water partition coefficient (Wildman–Crippen LogP) is 2.76. The highest BCUT2D eigenvalue weighted by Gasteiger charge is 2.29. The van der Waals surface area contributed by atoms with E-state index in [1.807, 2.05) is 12.1 Å². The first-order valence-corrected chi connectivity index (χ1v) is 6.75. The molecule has 1 heterocycles. The summed E-state index contributed by atoms with van der Waals surface area (Å²) in [4.78, 5) is 2.39. The highest BCUT2D eigenvalue weighted by Crippen LogP contribution is 2.27. The second kappa shape index (κ2) is 5.69. The molecule has 2 N–H and O–H groups in total. The lowest BCUT2D eigenvalue weighted by atomic mass is 9.82. The van der Waals surface area contributed by atoms with Gasteiger partial charge >= 0.3 is 0 Å². The average molecular weight is 236 g/mol. The Morgan fingerprint density at radius 2 is 2.12 bits per heavy atom. The second-order valence-electron chi connectivity index (χ2n) is 5.31. The molecule has 0 atom stereocenters. The Labute approximate surface area is 104 Å². The van der Waals surface area contributed by atoms with Crippen molar-refractivity contribution >= 4 is 0 Å². The maximum absolute atomic E-state index is 6.49. The fraction of sp³-hybridized carbons (Fsp3) is 0.714. The summed E-state index contributed by atoms with van der Waals surface area (Å²) in [6.45, 7) is 5.08. The van der Waals surface area contributed by atoms with Gasteiger partial charge in [0.25, 0.3) is 0 Å². The molecule has 0 amide bonds. The van der Waals surface area contributed by atoms with Crippen LogP contribution in [0.3, 0.4) is 0 Å². The van der Waals surface area contributed by atoms with E-state index in [1.54, 1.807) is 6.26 Å². The molecule has 0 aromatic carbocycles. The van der Waals surface area contributed by atoms with Gasteiger partial charge in [-0.1, -0.05) is 26.2 Å². The zero-order chi connectivity index (χ0) is 12.1. The smallest absolute Gasteiger partial charge is 0.117 e. The van der Waals surface area contributed by atoms with E-state index in [-0.39, 0.29) is 5.54 Å². The van der Waals surface area contributed by atoms with Crippen molar-refractivity contribution in [1.82, 2.24) is 4.90 Å². The normalized spacial score (nSPS) is 19.7. The largest absolute Gasteiger partial charge is 0.468 e.